The van der Waals surface area contributed by atoms with E-state index in [1.807, 2.05) is 0 Å². The summed E-state index contributed by atoms with van der Waals surface area (Å²) in [5, 5.41) is 0. The molecule has 0 bridgehead atoms. The van der Waals surface area contributed by atoms with Crippen LogP contribution in [0.2, 0.25) is 0 Å². The number of hydrogen-bond donors (Lipinski definition) is 0. The number of rotatable bonds is 4. The van der Waals surface area contributed by atoms with Gasteiger partial charge in [0, 0.05) is 0 Å². The van der Waals surface area contributed by atoms with Crippen LogP contribution in [0.5, 0.6) is 0 Å². The van der Waals surface area contributed by atoms with E-state index in [1.54, 1.807) is 0 Å². The van der Waals surface area contributed by atoms with Crippen molar-refractivity contribution in [3.05, 3.63) is 6.92 Å². The third-order valence-electron chi connectivity index (χ3n) is 2.82. The zero-order chi connectivity index (χ0) is 9.07. The standard InChI is InChI=1S/C11H23/c1-7-10(4)11(5,6)8-9(2)3/h9-10H,2,7-8H2,1,3-6H3. The molecule has 0 saturated heterocycles. The van der Waals surface area contributed by atoms with Crippen molar-refractivity contribution in [2.45, 2.75) is 47.5 Å². The molecule has 0 aliphatic heterocycles. The van der Waals surface area contributed by atoms with Gasteiger partial charge in [0.1, 0.15) is 0 Å². The van der Waals surface area contributed by atoms with Crippen molar-refractivity contribution in [3.8, 4) is 0 Å². The Balaban J connectivity index is 3.98. The first kappa shape index (κ1) is 11.0. The van der Waals surface area contributed by atoms with Gasteiger partial charge >= 0.3 is 0 Å². The fourth-order valence-corrected chi connectivity index (χ4v) is 1.65. The summed E-state index contributed by atoms with van der Waals surface area (Å²) < 4.78 is 0. The van der Waals surface area contributed by atoms with Gasteiger partial charge in [0.15, 0.2) is 0 Å². The van der Waals surface area contributed by atoms with Crippen molar-refractivity contribution >= 4 is 0 Å². The van der Waals surface area contributed by atoms with Crippen molar-refractivity contribution in [3.63, 3.8) is 0 Å². The lowest BCUT2D eigenvalue weighted by Crippen LogP contribution is -2.23. The predicted octanol–water partition coefficient (Wildman–Crippen LogP) is 3.92. The highest BCUT2D eigenvalue weighted by atomic mass is 14.3. The quantitative estimate of drug-likeness (QED) is 0.577. The Morgan fingerprint density at radius 1 is 1.27 bits per heavy atom. The highest BCUT2D eigenvalue weighted by molar-refractivity contribution is 4.77. The first-order valence-corrected chi connectivity index (χ1v) is 4.73. The van der Waals surface area contributed by atoms with Gasteiger partial charge in [-0.3, -0.25) is 0 Å². The summed E-state index contributed by atoms with van der Waals surface area (Å²) in [6, 6.07) is 0. The lowest BCUT2D eigenvalue weighted by molar-refractivity contribution is 0.187. The molecule has 2 unspecified atom stereocenters. The summed E-state index contributed by atoms with van der Waals surface area (Å²) in [5.41, 5.74) is 0.468. The molecule has 0 aromatic carbocycles. The molecule has 67 valence electrons. The molecule has 1 radical (unpaired) electrons. The first-order valence-electron chi connectivity index (χ1n) is 4.73. The Kier molecular flexibility index (Phi) is 4.13. The molecule has 0 aromatic rings. The van der Waals surface area contributed by atoms with E-state index in [2.05, 4.69) is 41.5 Å². The molecule has 0 rings (SSSR count). The normalized spacial score (nSPS) is 15.5. The lowest BCUT2D eigenvalue weighted by Gasteiger charge is -2.32. The maximum atomic E-state index is 4.04. The van der Waals surface area contributed by atoms with E-state index in [4.69, 9.17) is 0 Å². The van der Waals surface area contributed by atoms with Crippen LogP contribution in [0.3, 0.4) is 0 Å². The van der Waals surface area contributed by atoms with Gasteiger partial charge in [-0.2, -0.15) is 0 Å². The Hall–Kier alpha value is 0. The average molecular weight is 155 g/mol. The molecule has 0 N–H and O–H groups in total. The number of hydrogen-bond acceptors (Lipinski definition) is 0. The second-order valence-corrected chi connectivity index (χ2v) is 4.61. The van der Waals surface area contributed by atoms with E-state index < -0.39 is 0 Å². The van der Waals surface area contributed by atoms with Crippen molar-refractivity contribution in [2.24, 2.45) is 17.3 Å². The Morgan fingerprint density at radius 3 is 2.00 bits per heavy atom. The second-order valence-electron chi connectivity index (χ2n) is 4.61. The third kappa shape index (κ3) is 3.79. The zero-order valence-corrected chi connectivity index (χ0v) is 8.78. The molecule has 0 fully saturated rings. The molecule has 0 spiro atoms. The lowest BCUT2D eigenvalue weighted by atomic mass is 9.73. The molecule has 0 aromatic heterocycles. The van der Waals surface area contributed by atoms with E-state index >= 15 is 0 Å². The molecular weight excluding hydrogens is 132 g/mol. The molecule has 0 amide bonds. The predicted molar refractivity (Wildman–Crippen MR) is 52.4 cm³/mol. The molecular formula is C11H23. The Labute approximate surface area is 72.4 Å². The van der Waals surface area contributed by atoms with Crippen LogP contribution in [0.1, 0.15) is 47.5 Å². The molecule has 2 atom stereocenters. The van der Waals surface area contributed by atoms with Crippen LogP contribution in [0.4, 0.5) is 0 Å². The molecule has 11 heavy (non-hydrogen) atoms. The molecule has 0 aliphatic carbocycles. The molecule has 0 aliphatic rings. The maximum absolute atomic E-state index is 4.04. The second kappa shape index (κ2) is 4.13. The summed E-state index contributed by atoms with van der Waals surface area (Å²) in [7, 11) is 0. The van der Waals surface area contributed by atoms with E-state index in [0.717, 1.165) is 5.92 Å². The highest BCUT2D eigenvalue weighted by Crippen LogP contribution is 2.35. The van der Waals surface area contributed by atoms with Crippen molar-refractivity contribution < 1.29 is 0 Å². The molecule has 0 nitrogen and oxygen atoms in total. The summed E-state index contributed by atoms with van der Waals surface area (Å²) in [5.74, 6) is 1.39. The van der Waals surface area contributed by atoms with Crippen LogP contribution in [-0.2, 0) is 0 Å². The minimum Gasteiger partial charge on any atom is -0.0651 e. The van der Waals surface area contributed by atoms with Gasteiger partial charge in [0.2, 0.25) is 0 Å². The minimum atomic E-state index is 0.468. The van der Waals surface area contributed by atoms with E-state index in [1.165, 1.54) is 12.8 Å². The molecule has 0 heterocycles. The van der Waals surface area contributed by atoms with Crippen molar-refractivity contribution in [1.82, 2.24) is 0 Å². The monoisotopic (exact) mass is 155 g/mol. The Bertz CT molecular complexity index is 101. The van der Waals surface area contributed by atoms with Gasteiger partial charge in [0.25, 0.3) is 0 Å². The van der Waals surface area contributed by atoms with Gasteiger partial charge in [0.05, 0.1) is 0 Å². The van der Waals surface area contributed by atoms with Crippen molar-refractivity contribution in [1.29, 1.82) is 0 Å². The molecule has 0 saturated carbocycles. The van der Waals surface area contributed by atoms with Crippen LogP contribution in [0, 0.1) is 24.2 Å². The van der Waals surface area contributed by atoms with E-state index in [-0.39, 0.29) is 0 Å². The smallest absolute Gasteiger partial charge is 0.0326 e. The van der Waals surface area contributed by atoms with Gasteiger partial charge in [-0.05, 0) is 23.7 Å². The summed E-state index contributed by atoms with van der Waals surface area (Å²) in [6.07, 6.45) is 2.52. The third-order valence-corrected chi connectivity index (χ3v) is 2.82. The van der Waals surface area contributed by atoms with E-state index in [0.29, 0.717) is 11.3 Å². The van der Waals surface area contributed by atoms with Crippen LogP contribution in [-0.4, -0.2) is 0 Å². The topological polar surface area (TPSA) is 0 Å². The zero-order valence-electron chi connectivity index (χ0n) is 8.78. The first-order chi connectivity index (χ1) is 4.90. The summed E-state index contributed by atoms with van der Waals surface area (Å²) >= 11 is 0. The van der Waals surface area contributed by atoms with Gasteiger partial charge in [-0.1, -0.05) is 48.0 Å². The van der Waals surface area contributed by atoms with Crippen LogP contribution < -0.4 is 0 Å². The minimum absolute atomic E-state index is 0.468. The average Bonchev–Trinajstić information content (AvgIpc) is 1.83. The van der Waals surface area contributed by atoms with Crippen LogP contribution >= 0.6 is 0 Å². The molecule has 0 heteroatoms. The van der Waals surface area contributed by atoms with Gasteiger partial charge in [-0.25, -0.2) is 0 Å². The highest BCUT2D eigenvalue weighted by Gasteiger charge is 2.24. The summed E-state index contributed by atoms with van der Waals surface area (Å²) in [4.78, 5) is 0. The fourth-order valence-electron chi connectivity index (χ4n) is 1.65. The fraction of sp³-hybridized carbons (Fsp3) is 0.909. The van der Waals surface area contributed by atoms with Gasteiger partial charge < -0.3 is 0 Å². The largest absolute Gasteiger partial charge is 0.0651 e. The maximum Gasteiger partial charge on any atom is -0.0326 e. The summed E-state index contributed by atoms with van der Waals surface area (Å²) in [6.45, 7) is 15.5. The van der Waals surface area contributed by atoms with Gasteiger partial charge in [-0.15, -0.1) is 0 Å². The van der Waals surface area contributed by atoms with Crippen molar-refractivity contribution in [2.75, 3.05) is 0 Å². The van der Waals surface area contributed by atoms with Crippen LogP contribution in [0.25, 0.3) is 0 Å². The Morgan fingerprint density at radius 2 is 1.73 bits per heavy atom. The van der Waals surface area contributed by atoms with Crippen LogP contribution in [0.15, 0.2) is 0 Å². The SMILES string of the molecule is [CH2]C(C)CC(C)(C)C(C)CC. The van der Waals surface area contributed by atoms with E-state index in [9.17, 15) is 0 Å².